The zero-order valence-corrected chi connectivity index (χ0v) is 11.1. The summed E-state index contributed by atoms with van der Waals surface area (Å²) in [7, 11) is -1.96. The van der Waals surface area contributed by atoms with Gasteiger partial charge in [-0.3, -0.25) is 4.21 Å². The molecule has 0 N–H and O–H groups in total. The summed E-state index contributed by atoms with van der Waals surface area (Å²) in [6.07, 6.45) is 4.21. The lowest BCUT2D eigenvalue weighted by Crippen LogP contribution is -2.05. The fourth-order valence-corrected chi connectivity index (χ4v) is 2.39. The van der Waals surface area contributed by atoms with Crippen LogP contribution in [0.4, 0.5) is 0 Å². The molecule has 0 radical (unpaired) electrons. The third-order valence-electron chi connectivity index (χ3n) is 2.39. The Morgan fingerprint density at radius 1 is 1.24 bits per heavy atom. The predicted octanol–water partition coefficient (Wildman–Crippen LogP) is 1.89. The van der Waals surface area contributed by atoms with E-state index in [0.717, 1.165) is 28.8 Å². The van der Waals surface area contributed by atoms with Crippen LogP contribution < -0.4 is 0 Å². The van der Waals surface area contributed by atoms with Crippen molar-refractivity contribution < 1.29 is 4.21 Å². The maximum atomic E-state index is 11.9. The molecule has 1 heterocycles. The van der Waals surface area contributed by atoms with Crippen LogP contribution in [0.1, 0.15) is 18.4 Å². The quantitative estimate of drug-likeness (QED) is 0.762. The van der Waals surface area contributed by atoms with Gasteiger partial charge in [-0.25, -0.2) is 9.97 Å². The summed E-state index contributed by atoms with van der Waals surface area (Å²) in [4.78, 5) is 8.92. The fourth-order valence-electron chi connectivity index (χ4n) is 1.67. The highest BCUT2D eigenvalue weighted by Gasteiger charge is 2.05. The maximum absolute atomic E-state index is 11.9. The number of aryl methyl sites for hydroxylation is 1. The largest absolute Gasteiger partial charge is 0.268 e. The van der Waals surface area contributed by atoms with Gasteiger partial charge in [-0.1, -0.05) is 25.1 Å². The fraction of sp³-hybridized carbons (Fsp3) is 0.308. The molecule has 2 rings (SSSR count). The molecule has 0 saturated carbocycles. The van der Waals surface area contributed by atoms with Gasteiger partial charge in [-0.2, -0.15) is 0 Å². The van der Waals surface area contributed by atoms with E-state index < -0.39 is 9.52 Å². The van der Waals surface area contributed by atoms with Crippen LogP contribution in [-0.2, 0) is 15.9 Å². The Bertz CT molecular complexity index is 662. The second-order valence-corrected chi connectivity index (χ2v) is 7.18. The second kappa shape index (κ2) is 4.45. The van der Waals surface area contributed by atoms with Crippen molar-refractivity contribution in [1.82, 2.24) is 9.97 Å². The Morgan fingerprint density at radius 2 is 1.94 bits per heavy atom. The zero-order valence-electron chi connectivity index (χ0n) is 10.3. The number of fused-ring (bicyclic) bond motifs is 1. The SMILES string of the molecule is CCc1nc(C=S(C)(C)=O)c2ccccc2n1. The van der Waals surface area contributed by atoms with E-state index >= 15 is 0 Å². The average Bonchev–Trinajstić information content (AvgIpc) is 2.26. The number of para-hydroxylation sites is 1. The highest BCUT2D eigenvalue weighted by molar-refractivity contribution is 8.00. The van der Waals surface area contributed by atoms with Crippen LogP contribution in [0.3, 0.4) is 0 Å². The number of hydrogen-bond acceptors (Lipinski definition) is 3. The van der Waals surface area contributed by atoms with E-state index in [1.165, 1.54) is 0 Å². The Labute approximate surface area is 102 Å². The molecule has 1 aromatic heterocycles. The molecule has 0 unspecified atom stereocenters. The summed E-state index contributed by atoms with van der Waals surface area (Å²) in [6.45, 7) is 2.02. The van der Waals surface area contributed by atoms with Gasteiger partial charge in [0, 0.05) is 29.7 Å². The van der Waals surface area contributed by atoms with Gasteiger partial charge in [0.1, 0.15) is 5.82 Å². The first-order valence-corrected chi connectivity index (χ1v) is 7.98. The van der Waals surface area contributed by atoms with Gasteiger partial charge in [0.05, 0.1) is 11.2 Å². The molecule has 0 amide bonds. The van der Waals surface area contributed by atoms with Crippen molar-refractivity contribution in [2.24, 2.45) is 0 Å². The van der Waals surface area contributed by atoms with E-state index in [0.29, 0.717) is 0 Å². The summed E-state index contributed by atoms with van der Waals surface area (Å²) < 4.78 is 11.9. The lowest BCUT2D eigenvalue weighted by atomic mass is 10.2. The molecule has 0 bridgehead atoms. The topological polar surface area (TPSA) is 42.9 Å². The predicted molar refractivity (Wildman–Crippen MR) is 74.1 cm³/mol. The molecule has 0 spiro atoms. The van der Waals surface area contributed by atoms with Gasteiger partial charge in [0.25, 0.3) is 0 Å². The van der Waals surface area contributed by atoms with Crippen molar-refractivity contribution in [3.63, 3.8) is 0 Å². The minimum absolute atomic E-state index is 0.778. The van der Waals surface area contributed by atoms with Crippen LogP contribution in [0.5, 0.6) is 0 Å². The number of hydrogen-bond donors (Lipinski definition) is 0. The first kappa shape index (κ1) is 12.0. The summed E-state index contributed by atoms with van der Waals surface area (Å²) in [5.41, 5.74) is 1.69. The Morgan fingerprint density at radius 3 is 2.59 bits per heavy atom. The Balaban J connectivity index is 2.81. The molecule has 0 aliphatic rings. The molecule has 17 heavy (non-hydrogen) atoms. The van der Waals surface area contributed by atoms with E-state index in [-0.39, 0.29) is 0 Å². The van der Waals surface area contributed by atoms with E-state index in [2.05, 4.69) is 9.97 Å². The van der Waals surface area contributed by atoms with E-state index in [4.69, 9.17) is 0 Å². The lowest BCUT2D eigenvalue weighted by molar-refractivity contribution is 0.688. The standard InChI is InChI=1S/C13H16N2OS/c1-4-13-14-11-8-6-5-7-10(11)12(15-13)9-17(2,3)16/h5-9H,4H2,1-3H3. The first-order valence-electron chi connectivity index (χ1n) is 5.54. The van der Waals surface area contributed by atoms with Crippen LogP contribution in [0.25, 0.3) is 10.9 Å². The van der Waals surface area contributed by atoms with Gasteiger partial charge in [-0.15, -0.1) is 0 Å². The maximum Gasteiger partial charge on any atom is 0.129 e. The molecule has 0 fully saturated rings. The smallest absolute Gasteiger partial charge is 0.129 e. The van der Waals surface area contributed by atoms with E-state index in [1.54, 1.807) is 17.9 Å². The van der Waals surface area contributed by atoms with Crippen LogP contribution >= 0.6 is 0 Å². The minimum Gasteiger partial charge on any atom is -0.268 e. The highest BCUT2D eigenvalue weighted by atomic mass is 32.2. The van der Waals surface area contributed by atoms with E-state index in [9.17, 15) is 4.21 Å². The molecule has 90 valence electrons. The number of rotatable bonds is 2. The van der Waals surface area contributed by atoms with Crippen LogP contribution in [0, 0.1) is 0 Å². The van der Waals surface area contributed by atoms with Gasteiger partial charge in [0.15, 0.2) is 0 Å². The van der Waals surface area contributed by atoms with Crippen molar-refractivity contribution in [3.05, 3.63) is 35.8 Å². The van der Waals surface area contributed by atoms with Crippen LogP contribution in [-0.4, -0.2) is 32.1 Å². The first-order chi connectivity index (χ1) is 7.99. The van der Waals surface area contributed by atoms with Crippen molar-refractivity contribution >= 4 is 25.8 Å². The summed E-state index contributed by atoms with van der Waals surface area (Å²) in [5.74, 6) is 0.790. The normalized spacial score (nSPS) is 11.7. The molecule has 0 aliphatic carbocycles. The van der Waals surface area contributed by atoms with E-state index in [1.807, 2.05) is 31.2 Å². The summed E-state index contributed by atoms with van der Waals surface area (Å²) in [5, 5.41) is 2.71. The zero-order chi connectivity index (χ0) is 12.5. The van der Waals surface area contributed by atoms with Crippen molar-refractivity contribution in [1.29, 1.82) is 0 Å². The molecule has 0 saturated heterocycles. The third kappa shape index (κ3) is 2.82. The number of nitrogens with zero attached hydrogens (tertiary/aromatic N) is 2. The van der Waals surface area contributed by atoms with Crippen molar-refractivity contribution in [2.75, 3.05) is 12.5 Å². The Kier molecular flexibility index (Phi) is 3.15. The van der Waals surface area contributed by atoms with Crippen LogP contribution in [0.2, 0.25) is 0 Å². The molecule has 0 aliphatic heterocycles. The minimum atomic E-state index is -1.96. The highest BCUT2D eigenvalue weighted by Crippen LogP contribution is 2.14. The third-order valence-corrected chi connectivity index (χ3v) is 3.18. The average molecular weight is 248 g/mol. The number of aromatic nitrogens is 2. The summed E-state index contributed by atoms with van der Waals surface area (Å²) in [6, 6.07) is 7.82. The summed E-state index contributed by atoms with van der Waals surface area (Å²) >= 11 is 0. The monoisotopic (exact) mass is 248 g/mol. The molecular formula is C13H16N2OS. The van der Waals surface area contributed by atoms with Crippen molar-refractivity contribution in [3.8, 4) is 0 Å². The van der Waals surface area contributed by atoms with Gasteiger partial charge < -0.3 is 0 Å². The van der Waals surface area contributed by atoms with Crippen LogP contribution in [0.15, 0.2) is 24.3 Å². The molecule has 2 aromatic rings. The van der Waals surface area contributed by atoms with Gasteiger partial charge in [-0.05, 0) is 15.6 Å². The van der Waals surface area contributed by atoms with Gasteiger partial charge in [0.2, 0.25) is 0 Å². The molecular weight excluding hydrogens is 232 g/mol. The second-order valence-electron chi connectivity index (χ2n) is 4.32. The molecule has 1 aromatic carbocycles. The molecule has 4 heteroatoms. The molecule has 0 atom stereocenters. The number of benzene rings is 1. The molecule has 3 nitrogen and oxygen atoms in total. The Hall–Kier alpha value is -1.42. The lowest BCUT2D eigenvalue weighted by Gasteiger charge is -2.05. The van der Waals surface area contributed by atoms with Crippen molar-refractivity contribution in [2.45, 2.75) is 13.3 Å². The van der Waals surface area contributed by atoms with Gasteiger partial charge >= 0.3 is 0 Å².